The Kier molecular flexibility index (Phi) is 6.88. The van der Waals surface area contributed by atoms with E-state index in [0.29, 0.717) is 43.0 Å². The van der Waals surface area contributed by atoms with E-state index in [1.807, 2.05) is 30.9 Å². The fourth-order valence-corrected chi connectivity index (χ4v) is 6.10. The second kappa shape index (κ2) is 9.97. The number of amides is 1. The highest BCUT2D eigenvalue weighted by atomic mass is 16.5. The second-order valence-electron chi connectivity index (χ2n) is 11.1. The molecule has 0 bridgehead atoms. The van der Waals surface area contributed by atoms with Gasteiger partial charge in [0, 0.05) is 30.0 Å². The molecule has 1 aliphatic heterocycles. The maximum absolute atomic E-state index is 13.2. The highest BCUT2D eigenvalue weighted by molar-refractivity contribution is 5.87. The minimum atomic E-state index is -0.637. The van der Waals surface area contributed by atoms with Crippen LogP contribution in [0.5, 0.6) is 5.75 Å². The topological polar surface area (TPSA) is 80.0 Å². The van der Waals surface area contributed by atoms with E-state index >= 15 is 0 Å². The van der Waals surface area contributed by atoms with E-state index in [0.717, 1.165) is 47.8 Å². The third-order valence-corrected chi connectivity index (χ3v) is 8.65. The average Bonchev–Trinajstić information content (AvgIpc) is 2.87. The first kappa shape index (κ1) is 25.5. The first-order valence-electron chi connectivity index (χ1n) is 13.4. The van der Waals surface area contributed by atoms with Crippen LogP contribution < -0.4 is 10.4 Å². The van der Waals surface area contributed by atoms with E-state index in [-0.39, 0.29) is 18.2 Å². The minimum absolute atomic E-state index is 0.0131. The number of piperidine rings is 1. The molecule has 1 saturated carbocycles. The van der Waals surface area contributed by atoms with E-state index < -0.39 is 11.2 Å². The number of benzene rings is 2. The Labute approximate surface area is 218 Å². The molecule has 0 spiro atoms. The van der Waals surface area contributed by atoms with E-state index in [1.54, 1.807) is 0 Å². The zero-order valence-corrected chi connectivity index (χ0v) is 22.4. The third-order valence-electron chi connectivity index (χ3n) is 8.65. The summed E-state index contributed by atoms with van der Waals surface area (Å²) >= 11 is 0. The molecule has 2 fully saturated rings. The summed E-state index contributed by atoms with van der Waals surface area (Å²) < 4.78 is 11.9. The normalized spacial score (nSPS) is 21.6. The fraction of sp³-hybridized carbons (Fsp3) is 0.484. The van der Waals surface area contributed by atoms with Crippen LogP contribution in [0.4, 0.5) is 0 Å². The van der Waals surface area contributed by atoms with Crippen LogP contribution in [-0.4, -0.2) is 34.6 Å². The van der Waals surface area contributed by atoms with Crippen molar-refractivity contribution < 1.29 is 19.1 Å². The van der Waals surface area contributed by atoms with Gasteiger partial charge >= 0.3 is 5.63 Å². The molecule has 196 valence electrons. The lowest BCUT2D eigenvalue weighted by Gasteiger charge is -2.47. The molecule has 1 aliphatic carbocycles. The van der Waals surface area contributed by atoms with E-state index in [1.165, 1.54) is 11.1 Å². The summed E-state index contributed by atoms with van der Waals surface area (Å²) in [6, 6.07) is 10.1. The van der Waals surface area contributed by atoms with Crippen molar-refractivity contribution >= 4 is 16.9 Å². The lowest BCUT2D eigenvalue weighted by atomic mass is 9.71. The van der Waals surface area contributed by atoms with Crippen LogP contribution in [0.1, 0.15) is 65.5 Å². The molecule has 5 rings (SSSR count). The smallest absolute Gasteiger partial charge is 0.340 e. The van der Waals surface area contributed by atoms with Gasteiger partial charge in [-0.05, 0) is 75.8 Å². The fourth-order valence-electron chi connectivity index (χ4n) is 6.10. The third kappa shape index (κ3) is 4.91. The molecule has 1 amide bonds. The molecule has 1 N–H and O–H groups in total. The Morgan fingerprint density at radius 2 is 1.92 bits per heavy atom. The highest BCUT2D eigenvalue weighted by Gasteiger charge is 2.43. The van der Waals surface area contributed by atoms with Crippen LogP contribution in [0.15, 0.2) is 39.5 Å². The Balaban J connectivity index is 1.35. The Bertz CT molecular complexity index is 1410. The van der Waals surface area contributed by atoms with Gasteiger partial charge in [0.15, 0.2) is 0 Å². The van der Waals surface area contributed by atoms with Gasteiger partial charge in [-0.25, -0.2) is 4.79 Å². The van der Waals surface area contributed by atoms with E-state index in [2.05, 4.69) is 32.0 Å². The standard InChI is InChI=1S/C31H37NO5/c1-19-8-9-20(2)23(15-19)18-36-27-11-10-25-21(3)26(30(34)37-29(25)22(27)4)16-28(33)32-14-13-31(35)12-6-5-7-24(31)17-32/h8-11,15,24,35H,5-7,12-14,16-18H2,1-4H3. The number of rotatable bonds is 5. The van der Waals surface area contributed by atoms with Gasteiger partial charge in [-0.2, -0.15) is 0 Å². The number of hydrogen-bond acceptors (Lipinski definition) is 5. The van der Waals surface area contributed by atoms with Crippen molar-refractivity contribution in [3.8, 4) is 5.75 Å². The molecule has 6 nitrogen and oxygen atoms in total. The Morgan fingerprint density at radius 1 is 1.11 bits per heavy atom. The number of aliphatic hydroxyl groups is 1. The number of hydrogen-bond donors (Lipinski definition) is 1. The number of aryl methyl sites for hydroxylation is 4. The van der Waals surface area contributed by atoms with Crippen molar-refractivity contribution in [3.05, 3.63) is 74.1 Å². The maximum Gasteiger partial charge on any atom is 0.340 e. The summed E-state index contributed by atoms with van der Waals surface area (Å²) in [5.41, 5.74) is 4.82. The van der Waals surface area contributed by atoms with Crippen molar-refractivity contribution in [2.24, 2.45) is 5.92 Å². The van der Waals surface area contributed by atoms with Crippen LogP contribution in [0.3, 0.4) is 0 Å². The van der Waals surface area contributed by atoms with Crippen molar-refractivity contribution in [1.29, 1.82) is 0 Å². The molecular weight excluding hydrogens is 466 g/mol. The summed E-state index contributed by atoms with van der Waals surface area (Å²) in [4.78, 5) is 28.1. The van der Waals surface area contributed by atoms with Crippen molar-refractivity contribution in [2.45, 2.75) is 78.4 Å². The van der Waals surface area contributed by atoms with Gasteiger partial charge in [0.2, 0.25) is 5.91 Å². The molecule has 2 heterocycles. The minimum Gasteiger partial charge on any atom is -0.488 e. The van der Waals surface area contributed by atoms with Gasteiger partial charge < -0.3 is 19.2 Å². The van der Waals surface area contributed by atoms with Crippen molar-refractivity contribution in [3.63, 3.8) is 0 Å². The molecule has 2 unspecified atom stereocenters. The monoisotopic (exact) mass is 503 g/mol. The molecule has 0 radical (unpaired) electrons. The van der Waals surface area contributed by atoms with Gasteiger partial charge in [-0.15, -0.1) is 0 Å². The second-order valence-corrected chi connectivity index (χ2v) is 11.1. The van der Waals surface area contributed by atoms with Crippen LogP contribution in [0.25, 0.3) is 11.0 Å². The summed E-state index contributed by atoms with van der Waals surface area (Å²) in [5.74, 6) is 0.721. The van der Waals surface area contributed by atoms with Crippen molar-refractivity contribution in [1.82, 2.24) is 4.90 Å². The van der Waals surface area contributed by atoms with Gasteiger partial charge in [0.1, 0.15) is 17.9 Å². The predicted octanol–water partition coefficient (Wildman–Crippen LogP) is 5.30. The zero-order valence-electron chi connectivity index (χ0n) is 22.4. The number of nitrogens with zero attached hydrogens (tertiary/aromatic N) is 1. The van der Waals surface area contributed by atoms with Crippen LogP contribution in [-0.2, 0) is 17.8 Å². The Morgan fingerprint density at radius 3 is 2.73 bits per heavy atom. The number of likely N-dealkylation sites (tertiary alicyclic amines) is 1. The lowest BCUT2D eigenvalue weighted by Crippen LogP contribution is -2.55. The van der Waals surface area contributed by atoms with Gasteiger partial charge in [0.25, 0.3) is 0 Å². The molecular formula is C31H37NO5. The predicted molar refractivity (Wildman–Crippen MR) is 144 cm³/mol. The SMILES string of the molecule is Cc1ccc(C)c(COc2ccc3c(C)c(CC(=O)N4CCC5(O)CCCCC5C4)c(=O)oc3c2C)c1. The Hall–Kier alpha value is -3.12. The molecule has 6 heteroatoms. The van der Waals surface area contributed by atoms with Crippen molar-refractivity contribution in [2.75, 3.05) is 13.1 Å². The first-order chi connectivity index (χ1) is 17.7. The summed E-state index contributed by atoms with van der Waals surface area (Å²) in [6.45, 7) is 9.43. The summed E-state index contributed by atoms with van der Waals surface area (Å²) in [5, 5.41) is 11.8. The summed E-state index contributed by atoms with van der Waals surface area (Å²) in [6.07, 6.45) is 4.54. The molecule has 37 heavy (non-hydrogen) atoms. The zero-order chi connectivity index (χ0) is 26.3. The van der Waals surface area contributed by atoms with Crippen LogP contribution in [0, 0.1) is 33.6 Å². The number of carbonyl (C=O) groups is 1. The molecule has 3 aromatic rings. The highest BCUT2D eigenvalue weighted by Crippen LogP contribution is 2.40. The van der Waals surface area contributed by atoms with E-state index in [4.69, 9.17) is 9.15 Å². The first-order valence-corrected chi connectivity index (χ1v) is 13.4. The molecule has 1 saturated heterocycles. The quantitative estimate of drug-likeness (QED) is 0.478. The summed E-state index contributed by atoms with van der Waals surface area (Å²) in [7, 11) is 0. The van der Waals surface area contributed by atoms with Gasteiger partial charge in [0.05, 0.1) is 17.6 Å². The van der Waals surface area contributed by atoms with Gasteiger partial charge in [-0.3, -0.25) is 4.79 Å². The lowest BCUT2D eigenvalue weighted by molar-refractivity contribution is -0.142. The number of carbonyl (C=O) groups excluding carboxylic acids is 1. The molecule has 2 aromatic carbocycles. The van der Waals surface area contributed by atoms with E-state index in [9.17, 15) is 14.7 Å². The number of ether oxygens (including phenoxy) is 1. The van der Waals surface area contributed by atoms with Crippen LogP contribution in [0.2, 0.25) is 0 Å². The van der Waals surface area contributed by atoms with Gasteiger partial charge in [-0.1, -0.05) is 36.6 Å². The maximum atomic E-state index is 13.2. The molecule has 1 aromatic heterocycles. The van der Waals surface area contributed by atoms with Crippen LogP contribution >= 0.6 is 0 Å². The number of fused-ring (bicyclic) bond motifs is 2. The molecule has 2 atom stereocenters. The molecule has 2 aliphatic rings. The largest absolute Gasteiger partial charge is 0.488 e. The average molecular weight is 504 g/mol.